The van der Waals surface area contributed by atoms with Gasteiger partial charge in [-0.2, -0.15) is 0 Å². The van der Waals surface area contributed by atoms with Crippen molar-refractivity contribution in [2.75, 3.05) is 9.80 Å². The first-order chi connectivity index (χ1) is 42.4. The first kappa shape index (κ1) is 50.2. The number of hydrogen-bond donors (Lipinski definition) is 0. The van der Waals surface area contributed by atoms with Gasteiger partial charge in [0.25, 0.3) is 6.71 Å². The van der Waals surface area contributed by atoms with E-state index >= 15 is 0 Å². The van der Waals surface area contributed by atoms with Crippen molar-refractivity contribution in [3.8, 4) is 56.4 Å². The van der Waals surface area contributed by atoms with Gasteiger partial charge in [-0.1, -0.05) is 242 Å². The van der Waals surface area contributed by atoms with Crippen LogP contribution in [0.5, 0.6) is 23.0 Å². The molecule has 0 radical (unpaired) electrons. The fourth-order valence-corrected chi connectivity index (χ4v) is 16.4. The number of rotatable bonds is 3. The Bertz CT molecular complexity index is 4470. The predicted octanol–water partition coefficient (Wildman–Crippen LogP) is 19.0. The van der Waals surface area contributed by atoms with Crippen molar-refractivity contribution >= 4 is 57.2 Å². The summed E-state index contributed by atoms with van der Waals surface area (Å²) in [6.45, 7) is 13.6. The van der Waals surface area contributed by atoms with Crippen LogP contribution in [-0.2, 0) is 21.7 Å². The van der Waals surface area contributed by atoms with Crippen LogP contribution in [-0.4, -0.2) is 6.71 Å². The van der Waals surface area contributed by atoms with Crippen molar-refractivity contribution in [3.63, 3.8) is 0 Å². The molecule has 4 aliphatic heterocycles. The summed E-state index contributed by atoms with van der Waals surface area (Å²) in [7, 11) is 0. The average Bonchev–Trinajstić information content (AvgIpc) is 1.63. The van der Waals surface area contributed by atoms with E-state index in [-0.39, 0.29) is 17.5 Å². The Morgan fingerprint density at radius 3 is 0.931 bits per heavy atom. The highest BCUT2D eigenvalue weighted by atomic mass is 16.5. The minimum absolute atomic E-state index is 0.0743. The molecule has 0 atom stereocenters. The van der Waals surface area contributed by atoms with Crippen LogP contribution < -0.4 is 35.7 Å². The maximum Gasteiger partial charge on any atom is 0.260 e. The van der Waals surface area contributed by atoms with E-state index in [0.717, 1.165) is 84.6 Å². The fraction of sp³-hybridized carbons (Fsp3) is 0.122. The molecule has 12 aromatic rings. The Morgan fingerprint density at radius 2 is 0.598 bits per heavy atom. The van der Waals surface area contributed by atoms with Crippen LogP contribution in [0.4, 0.5) is 34.1 Å². The number of para-hydroxylation sites is 4. The van der Waals surface area contributed by atoms with E-state index in [1.165, 1.54) is 77.9 Å². The van der Waals surface area contributed by atoms with E-state index in [0.29, 0.717) is 0 Å². The zero-order valence-corrected chi connectivity index (χ0v) is 49.6. The zero-order chi connectivity index (χ0) is 58.3. The Labute approximate surface area is 509 Å². The Hall–Kier alpha value is -10.1. The maximum absolute atomic E-state index is 7.41. The summed E-state index contributed by atoms with van der Waals surface area (Å²) in [6, 6.07) is 98.3. The molecule has 12 aromatic carbocycles. The van der Waals surface area contributed by atoms with Crippen LogP contribution in [0, 0.1) is 0 Å². The third-order valence-electron chi connectivity index (χ3n) is 20.1. The molecule has 2 aliphatic carbocycles. The van der Waals surface area contributed by atoms with Crippen molar-refractivity contribution in [3.05, 3.63) is 316 Å². The van der Waals surface area contributed by atoms with Gasteiger partial charge >= 0.3 is 0 Å². The molecule has 6 aliphatic rings. The van der Waals surface area contributed by atoms with Crippen LogP contribution >= 0.6 is 0 Å². The van der Waals surface area contributed by atoms with Gasteiger partial charge in [0.1, 0.15) is 23.0 Å². The number of nitrogens with zero attached hydrogens (tertiary/aromatic N) is 2. The largest absolute Gasteiger partial charge is 0.458 e. The van der Waals surface area contributed by atoms with Crippen LogP contribution in [0.25, 0.3) is 33.4 Å². The van der Waals surface area contributed by atoms with Crippen molar-refractivity contribution < 1.29 is 9.47 Å². The molecule has 0 aromatic heterocycles. The highest BCUT2D eigenvalue weighted by Crippen LogP contribution is 2.67. The SMILES string of the molecule is CC(C)(C)c1ccc2c(c1)B1c3cc(C(C)(C)C)ccc3Oc3cc(-c4c(N5c6ccccc6C6(c7ccccc7-c7ccccc76)c6ccccc65)cccc4N4c5ccccc5C5(c6ccccc6-c6ccccc65)c5ccccc54)cc(c31)O2. The third kappa shape index (κ3) is 6.64. The topological polar surface area (TPSA) is 24.9 Å². The lowest BCUT2D eigenvalue weighted by atomic mass is 9.34. The number of hydrogen-bond acceptors (Lipinski definition) is 4. The van der Waals surface area contributed by atoms with Gasteiger partial charge < -0.3 is 19.3 Å². The molecule has 0 unspecified atom stereocenters. The molecule has 0 amide bonds. The number of anilines is 6. The first-order valence-electron chi connectivity index (χ1n) is 30.8. The molecular weight excluding hydrogens is 1060 g/mol. The minimum Gasteiger partial charge on any atom is -0.458 e. The molecule has 0 N–H and O–H groups in total. The molecule has 18 rings (SSSR count). The smallest absolute Gasteiger partial charge is 0.260 e. The van der Waals surface area contributed by atoms with Gasteiger partial charge in [0, 0.05) is 11.0 Å². The maximum atomic E-state index is 7.41. The first-order valence-corrected chi connectivity index (χ1v) is 30.8. The van der Waals surface area contributed by atoms with Gasteiger partial charge in [-0.15, -0.1) is 0 Å². The van der Waals surface area contributed by atoms with Crippen molar-refractivity contribution in [2.24, 2.45) is 0 Å². The van der Waals surface area contributed by atoms with Crippen LogP contribution in [0.2, 0.25) is 0 Å². The summed E-state index contributed by atoms with van der Waals surface area (Å²) >= 11 is 0. The summed E-state index contributed by atoms with van der Waals surface area (Å²) in [5.41, 5.74) is 28.4. The highest BCUT2D eigenvalue weighted by Gasteiger charge is 2.54. The number of benzene rings is 12. The molecule has 414 valence electrons. The summed E-state index contributed by atoms with van der Waals surface area (Å²) in [5.74, 6) is 3.33. The fourth-order valence-electron chi connectivity index (χ4n) is 16.4. The monoisotopic (exact) mass is 1120 g/mol. The lowest BCUT2D eigenvalue weighted by Gasteiger charge is -2.47. The number of ether oxygens (including phenoxy) is 2. The summed E-state index contributed by atoms with van der Waals surface area (Å²) < 4.78 is 14.8. The molecule has 0 saturated carbocycles. The van der Waals surface area contributed by atoms with Gasteiger partial charge in [0.05, 0.1) is 45.0 Å². The highest BCUT2D eigenvalue weighted by molar-refractivity contribution is 6.98. The van der Waals surface area contributed by atoms with Gasteiger partial charge in [-0.3, -0.25) is 0 Å². The molecule has 87 heavy (non-hydrogen) atoms. The average molecular weight is 1120 g/mol. The van der Waals surface area contributed by atoms with Crippen LogP contribution in [0.3, 0.4) is 0 Å². The van der Waals surface area contributed by atoms with E-state index in [1.54, 1.807) is 0 Å². The predicted molar refractivity (Wildman–Crippen MR) is 358 cm³/mol. The summed E-state index contributed by atoms with van der Waals surface area (Å²) in [4.78, 5) is 5.13. The standard InChI is InChI=1S/C82H61BN2O2/c1-79(2,3)51-42-44-73-65(48-51)83-66-49-52(80(4,5)6)43-45-74(66)87-76-47-50(46-75(86-73)78(76)83)77-71(84-67-36-19-15-32-61(67)81(62-33-16-20-37-68(62)84)57-28-11-7-24-53(57)54-25-8-12-29-58(54)81)40-23-41-72(77)85-69-38-21-17-34-63(69)82(64-35-18-22-39-70(64)85)59-30-13-9-26-55(59)56-27-10-14-31-60(56)82/h7-49H,1-6H3. The molecule has 4 heterocycles. The van der Waals surface area contributed by atoms with E-state index in [4.69, 9.17) is 9.47 Å². The van der Waals surface area contributed by atoms with Crippen LogP contribution in [0.1, 0.15) is 97.2 Å². The van der Waals surface area contributed by atoms with Crippen molar-refractivity contribution in [1.29, 1.82) is 0 Å². The van der Waals surface area contributed by atoms with Crippen LogP contribution in [0.15, 0.2) is 261 Å². The van der Waals surface area contributed by atoms with E-state index < -0.39 is 10.8 Å². The zero-order valence-electron chi connectivity index (χ0n) is 49.6. The van der Waals surface area contributed by atoms with E-state index in [1.807, 2.05) is 0 Å². The molecule has 5 heteroatoms. The molecule has 2 spiro atoms. The quantitative estimate of drug-likeness (QED) is 0.165. The van der Waals surface area contributed by atoms with Gasteiger partial charge in [0.2, 0.25) is 0 Å². The summed E-state index contributed by atoms with van der Waals surface area (Å²) in [5, 5.41) is 0. The number of fused-ring (bicyclic) bond motifs is 22. The van der Waals surface area contributed by atoms with Gasteiger partial charge in [-0.25, -0.2) is 0 Å². The Balaban J connectivity index is 0.937. The molecule has 0 saturated heterocycles. The van der Waals surface area contributed by atoms with E-state index in [9.17, 15) is 0 Å². The minimum atomic E-state index is -0.589. The lowest BCUT2D eigenvalue weighted by molar-refractivity contribution is 0.464. The summed E-state index contributed by atoms with van der Waals surface area (Å²) in [6.07, 6.45) is 0. The molecule has 0 bridgehead atoms. The lowest BCUT2D eigenvalue weighted by Crippen LogP contribution is -2.57. The van der Waals surface area contributed by atoms with Gasteiger partial charge in [-0.05, 0) is 166 Å². The third-order valence-corrected chi connectivity index (χ3v) is 20.1. The van der Waals surface area contributed by atoms with E-state index in [2.05, 4.69) is 312 Å². The molecular formula is C82H61BN2O2. The van der Waals surface area contributed by atoms with Crippen molar-refractivity contribution in [2.45, 2.75) is 63.2 Å². The molecule has 0 fully saturated rings. The normalized spacial score (nSPS) is 15.1. The van der Waals surface area contributed by atoms with Crippen molar-refractivity contribution in [1.82, 2.24) is 0 Å². The second kappa shape index (κ2) is 17.7. The molecule has 4 nitrogen and oxygen atoms in total. The Morgan fingerprint density at radius 1 is 0.299 bits per heavy atom. The van der Waals surface area contributed by atoms with Gasteiger partial charge in [0.15, 0.2) is 0 Å². The second-order valence-electron chi connectivity index (χ2n) is 26.6. The second-order valence-corrected chi connectivity index (χ2v) is 26.6. The Kier molecular flexibility index (Phi) is 10.3.